The smallest absolute Gasteiger partial charge is 0.0856 e. The fourth-order valence-electron chi connectivity index (χ4n) is 2.45. The van der Waals surface area contributed by atoms with Gasteiger partial charge in [-0.25, -0.2) is 0 Å². The van der Waals surface area contributed by atoms with Crippen molar-refractivity contribution in [3.8, 4) is 0 Å². The van der Waals surface area contributed by atoms with Gasteiger partial charge in [-0.05, 0) is 47.2 Å². The maximum atomic E-state index is 10.6. The van der Waals surface area contributed by atoms with Crippen molar-refractivity contribution < 1.29 is 5.11 Å². The highest BCUT2D eigenvalue weighted by Gasteiger charge is 2.19. The number of aromatic nitrogens is 2. The molecule has 21 heavy (non-hydrogen) atoms. The number of halogens is 1. The van der Waals surface area contributed by atoms with Gasteiger partial charge in [0.1, 0.15) is 0 Å². The highest BCUT2D eigenvalue weighted by Crippen LogP contribution is 2.31. The SMILES string of the molecule is CCc1nn(CC)c(CC(O)c2ccccc2SC)c1Br. The fourth-order valence-corrected chi connectivity index (χ4v) is 3.83. The van der Waals surface area contributed by atoms with Crippen molar-refractivity contribution >= 4 is 27.7 Å². The van der Waals surface area contributed by atoms with Gasteiger partial charge in [-0.2, -0.15) is 5.10 Å². The molecule has 5 heteroatoms. The zero-order chi connectivity index (χ0) is 15.4. The summed E-state index contributed by atoms with van der Waals surface area (Å²) in [6, 6.07) is 8.02. The van der Waals surface area contributed by atoms with Gasteiger partial charge in [0.2, 0.25) is 0 Å². The molecule has 0 bridgehead atoms. The number of aryl methyl sites for hydroxylation is 2. The van der Waals surface area contributed by atoms with Crippen molar-refractivity contribution in [2.75, 3.05) is 6.26 Å². The largest absolute Gasteiger partial charge is 0.388 e. The van der Waals surface area contributed by atoms with E-state index >= 15 is 0 Å². The van der Waals surface area contributed by atoms with Crippen molar-refractivity contribution in [2.45, 2.75) is 44.2 Å². The van der Waals surface area contributed by atoms with Crippen molar-refractivity contribution in [3.05, 3.63) is 45.7 Å². The predicted octanol–water partition coefficient (Wildman–Crippen LogP) is 4.23. The Kier molecular flexibility index (Phi) is 5.90. The van der Waals surface area contributed by atoms with Gasteiger partial charge in [0.15, 0.2) is 0 Å². The molecule has 0 aliphatic carbocycles. The molecule has 0 amide bonds. The predicted molar refractivity (Wildman–Crippen MR) is 91.9 cm³/mol. The molecule has 3 nitrogen and oxygen atoms in total. The molecule has 2 rings (SSSR count). The Morgan fingerprint density at radius 2 is 2.05 bits per heavy atom. The second-order valence-corrected chi connectivity index (χ2v) is 6.48. The van der Waals surface area contributed by atoms with Crippen LogP contribution in [0.15, 0.2) is 33.6 Å². The summed E-state index contributed by atoms with van der Waals surface area (Å²) in [5, 5.41) is 15.2. The molecule has 0 aliphatic heterocycles. The molecule has 1 unspecified atom stereocenters. The third-order valence-electron chi connectivity index (χ3n) is 3.58. The summed E-state index contributed by atoms with van der Waals surface area (Å²) >= 11 is 5.30. The Morgan fingerprint density at radius 3 is 2.67 bits per heavy atom. The Bertz CT molecular complexity index is 612. The van der Waals surface area contributed by atoms with Gasteiger partial charge in [0.05, 0.1) is 22.0 Å². The maximum Gasteiger partial charge on any atom is 0.0856 e. The summed E-state index contributed by atoms with van der Waals surface area (Å²) in [5.74, 6) is 0. The average molecular weight is 369 g/mol. The van der Waals surface area contributed by atoms with E-state index in [1.165, 1.54) is 0 Å². The molecule has 0 saturated carbocycles. The van der Waals surface area contributed by atoms with Crippen LogP contribution in [-0.4, -0.2) is 21.1 Å². The average Bonchev–Trinajstić information content (AvgIpc) is 2.83. The third-order valence-corrected chi connectivity index (χ3v) is 5.31. The molecule has 0 radical (unpaired) electrons. The van der Waals surface area contributed by atoms with Crippen LogP contribution in [0, 0.1) is 0 Å². The van der Waals surface area contributed by atoms with Crippen LogP contribution in [0.3, 0.4) is 0 Å². The number of benzene rings is 1. The molecule has 0 aliphatic rings. The van der Waals surface area contributed by atoms with Crippen molar-refractivity contribution in [2.24, 2.45) is 0 Å². The van der Waals surface area contributed by atoms with E-state index in [0.717, 1.165) is 39.3 Å². The van der Waals surface area contributed by atoms with Crippen LogP contribution in [0.4, 0.5) is 0 Å². The number of aliphatic hydroxyl groups excluding tert-OH is 1. The number of rotatable bonds is 6. The summed E-state index contributed by atoms with van der Waals surface area (Å²) in [7, 11) is 0. The summed E-state index contributed by atoms with van der Waals surface area (Å²) in [4.78, 5) is 1.12. The Balaban J connectivity index is 2.31. The quantitative estimate of drug-likeness (QED) is 0.775. The maximum absolute atomic E-state index is 10.6. The minimum absolute atomic E-state index is 0.517. The molecule has 1 atom stereocenters. The topological polar surface area (TPSA) is 38.0 Å². The van der Waals surface area contributed by atoms with Crippen LogP contribution >= 0.6 is 27.7 Å². The molecule has 1 aromatic carbocycles. The van der Waals surface area contributed by atoms with Crippen molar-refractivity contribution in [3.63, 3.8) is 0 Å². The van der Waals surface area contributed by atoms with E-state index in [0.29, 0.717) is 6.42 Å². The zero-order valence-electron chi connectivity index (χ0n) is 12.6. The number of hydrogen-bond donors (Lipinski definition) is 1. The number of thioether (sulfide) groups is 1. The van der Waals surface area contributed by atoms with Gasteiger partial charge in [-0.15, -0.1) is 11.8 Å². The summed E-state index contributed by atoms with van der Waals surface area (Å²) in [5.41, 5.74) is 3.11. The normalized spacial score (nSPS) is 12.6. The molecular weight excluding hydrogens is 348 g/mol. The lowest BCUT2D eigenvalue weighted by atomic mass is 10.0. The first-order valence-corrected chi connectivity index (χ1v) is 9.19. The second-order valence-electron chi connectivity index (χ2n) is 4.84. The highest BCUT2D eigenvalue weighted by atomic mass is 79.9. The Morgan fingerprint density at radius 1 is 1.33 bits per heavy atom. The standard InChI is InChI=1S/C16H21BrN2OS/c1-4-12-16(17)13(19(5-2)18-12)10-14(20)11-8-6-7-9-15(11)21-3/h6-9,14,20H,4-5,10H2,1-3H3. The molecule has 1 heterocycles. The molecule has 0 fully saturated rings. The number of aliphatic hydroxyl groups is 1. The van der Waals surface area contributed by atoms with E-state index in [9.17, 15) is 5.11 Å². The van der Waals surface area contributed by atoms with Gasteiger partial charge in [-0.1, -0.05) is 25.1 Å². The van der Waals surface area contributed by atoms with E-state index in [2.05, 4.69) is 34.9 Å². The monoisotopic (exact) mass is 368 g/mol. The van der Waals surface area contributed by atoms with Gasteiger partial charge in [0.25, 0.3) is 0 Å². The minimum atomic E-state index is -0.517. The molecule has 1 aromatic heterocycles. The first kappa shape index (κ1) is 16.6. The Hall–Kier alpha value is -0.780. The zero-order valence-corrected chi connectivity index (χ0v) is 15.0. The minimum Gasteiger partial charge on any atom is -0.388 e. The van der Waals surface area contributed by atoms with Gasteiger partial charge < -0.3 is 5.11 Å². The Labute approximate surface area is 138 Å². The lowest BCUT2D eigenvalue weighted by Gasteiger charge is -2.15. The van der Waals surface area contributed by atoms with Crippen LogP contribution in [0.5, 0.6) is 0 Å². The molecule has 0 saturated heterocycles. The lowest BCUT2D eigenvalue weighted by molar-refractivity contribution is 0.172. The lowest BCUT2D eigenvalue weighted by Crippen LogP contribution is -2.09. The molecule has 2 aromatic rings. The molecular formula is C16H21BrN2OS. The summed E-state index contributed by atoms with van der Waals surface area (Å²) in [6.07, 6.45) is 2.97. The van der Waals surface area contributed by atoms with Gasteiger partial charge in [-0.3, -0.25) is 4.68 Å². The highest BCUT2D eigenvalue weighted by molar-refractivity contribution is 9.10. The fraction of sp³-hybridized carbons (Fsp3) is 0.438. The molecule has 0 spiro atoms. The van der Waals surface area contributed by atoms with Crippen LogP contribution in [-0.2, 0) is 19.4 Å². The van der Waals surface area contributed by atoms with Gasteiger partial charge in [0, 0.05) is 17.9 Å². The van der Waals surface area contributed by atoms with Crippen LogP contribution in [0.1, 0.15) is 36.9 Å². The van der Waals surface area contributed by atoms with Crippen molar-refractivity contribution in [1.29, 1.82) is 0 Å². The van der Waals surface area contributed by atoms with Crippen LogP contribution < -0.4 is 0 Å². The van der Waals surface area contributed by atoms with E-state index < -0.39 is 6.10 Å². The third kappa shape index (κ3) is 3.52. The molecule has 1 N–H and O–H groups in total. The van der Waals surface area contributed by atoms with E-state index in [1.807, 2.05) is 35.2 Å². The van der Waals surface area contributed by atoms with Crippen LogP contribution in [0.2, 0.25) is 0 Å². The summed E-state index contributed by atoms with van der Waals surface area (Å²) in [6.45, 7) is 4.98. The van der Waals surface area contributed by atoms with Gasteiger partial charge >= 0.3 is 0 Å². The van der Waals surface area contributed by atoms with Crippen LogP contribution in [0.25, 0.3) is 0 Å². The van der Waals surface area contributed by atoms with Crippen molar-refractivity contribution in [1.82, 2.24) is 9.78 Å². The molecule has 114 valence electrons. The first-order chi connectivity index (χ1) is 10.1. The first-order valence-electron chi connectivity index (χ1n) is 7.17. The van der Waals surface area contributed by atoms with E-state index in [-0.39, 0.29) is 0 Å². The van der Waals surface area contributed by atoms with E-state index in [1.54, 1.807) is 11.8 Å². The number of hydrogen-bond acceptors (Lipinski definition) is 3. The summed E-state index contributed by atoms with van der Waals surface area (Å²) < 4.78 is 3.01. The number of nitrogens with zero attached hydrogens (tertiary/aromatic N) is 2. The second kappa shape index (κ2) is 7.47. The van der Waals surface area contributed by atoms with E-state index in [4.69, 9.17) is 0 Å².